The topological polar surface area (TPSA) is 179 Å². The zero-order chi connectivity index (χ0) is 25.8. The van der Waals surface area contributed by atoms with Gasteiger partial charge in [-0.15, -0.1) is 0 Å². The van der Waals surface area contributed by atoms with E-state index in [4.69, 9.17) is 18.3 Å². The second kappa shape index (κ2) is 13.9. The van der Waals surface area contributed by atoms with Crippen LogP contribution in [0.1, 0.15) is 34.0 Å². The Hall–Kier alpha value is -2.64. The minimum absolute atomic E-state index is 0. The number of aromatic carboxylic acids is 2. The number of aliphatic hydroxyl groups is 1. The molecule has 11 nitrogen and oxygen atoms in total. The summed E-state index contributed by atoms with van der Waals surface area (Å²) >= 11 is 0. The maximum Gasteiger partial charge on any atom is 1.00 e. The van der Waals surface area contributed by atoms with Crippen molar-refractivity contribution >= 4 is 33.9 Å². The third-order valence-electron chi connectivity index (χ3n) is 5.25. The Bertz CT molecular complexity index is 1460. The molecule has 0 saturated heterocycles. The van der Waals surface area contributed by atoms with Gasteiger partial charge in [0.2, 0.25) is 0 Å². The van der Waals surface area contributed by atoms with Crippen LogP contribution in [-0.2, 0) is 0 Å². The van der Waals surface area contributed by atoms with Gasteiger partial charge >= 0.3 is 59.1 Å². The number of carbonyl (C=O) groups excluding carboxylic acids is 2. The molecule has 0 radical (unpaired) electrons. The van der Waals surface area contributed by atoms with Crippen molar-refractivity contribution in [3.05, 3.63) is 80.5 Å². The first-order chi connectivity index (χ1) is 17.2. The zero-order valence-corrected chi connectivity index (χ0v) is 24.6. The molecule has 0 amide bonds. The van der Waals surface area contributed by atoms with E-state index in [9.17, 15) is 34.5 Å². The Morgan fingerprint density at radius 1 is 0.763 bits per heavy atom. The average molecular weight is 540 g/mol. The fraction of sp³-hybridized carbons (Fsp3) is 0.200. The molecule has 0 atom stereocenters. The third kappa shape index (κ3) is 7.26. The Kier molecular flexibility index (Phi) is 11.6. The molecule has 13 heteroatoms. The summed E-state index contributed by atoms with van der Waals surface area (Å²) in [4.78, 5) is 46.6. The molecule has 0 aliphatic rings. The van der Waals surface area contributed by atoms with Gasteiger partial charge in [-0.1, -0.05) is 12.1 Å². The Labute approximate surface area is 258 Å². The van der Waals surface area contributed by atoms with E-state index in [-0.39, 0.29) is 119 Å². The van der Waals surface area contributed by atoms with Crippen molar-refractivity contribution in [3.63, 3.8) is 0 Å². The number of carboxylic acids is 2. The van der Waals surface area contributed by atoms with Gasteiger partial charge in [-0.25, -0.2) is 0 Å². The fourth-order valence-electron chi connectivity index (χ4n) is 3.55. The zero-order valence-electron chi connectivity index (χ0n) is 20.6. The number of hydrogen-bond donors (Lipinski definition) is 1. The van der Waals surface area contributed by atoms with E-state index in [2.05, 4.69) is 0 Å². The number of ether oxygens (including phenoxy) is 2. The maximum atomic E-state index is 12.3. The van der Waals surface area contributed by atoms with Crippen molar-refractivity contribution in [3.8, 4) is 11.5 Å². The molecule has 2 aromatic heterocycles. The van der Waals surface area contributed by atoms with E-state index in [0.717, 1.165) is 12.1 Å². The van der Waals surface area contributed by atoms with Crippen molar-refractivity contribution in [1.82, 2.24) is 0 Å². The van der Waals surface area contributed by atoms with E-state index in [1.807, 2.05) is 0 Å². The summed E-state index contributed by atoms with van der Waals surface area (Å²) in [5, 5.41) is 32.3. The van der Waals surface area contributed by atoms with Crippen LogP contribution in [-0.4, -0.2) is 36.4 Å². The number of fused-ring (bicyclic) bond motifs is 2. The van der Waals surface area contributed by atoms with E-state index < -0.39 is 40.4 Å². The first-order valence-electron chi connectivity index (χ1n) is 10.7. The summed E-state index contributed by atoms with van der Waals surface area (Å²) in [5.74, 6) is -4.07. The first-order valence-corrected chi connectivity index (χ1v) is 10.7. The van der Waals surface area contributed by atoms with Crippen LogP contribution in [0, 0.1) is 0 Å². The van der Waals surface area contributed by atoms with Crippen LogP contribution in [0.5, 0.6) is 11.5 Å². The molecule has 2 heterocycles. The molecule has 0 bridgehead atoms. The average Bonchev–Trinajstić information content (AvgIpc) is 2.83. The van der Waals surface area contributed by atoms with Crippen LogP contribution in [0.2, 0.25) is 0 Å². The quantitative estimate of drug-likeness (QED) is 0.189. The molecule has 0 aliphatic carbocycles. The normalized spacial score (nSPS) is 10.6. The number of benzene rings is 2. The van der Waals surface area contributed by atoms with Gasteiger partial charge in [-0.05, 0) is 24.3 Å². The molecule has 0 fully saturated rings. The molecule has 186 valence electrons. The first kappa shape index (κ1) is 31.6. The van der Waals surface area contributed by atoms with Crippen LogP contribution in [0.3, 0.4) is 0 Å². The van der Waals surface area contributed by atoms with Gasteiger partial charge in [-0.3, -0.25) is 9.59 Å². The molecule has 4 aromatic rings. The molecular weight excluding hydrogens is 522 g/mol. The molecule has 4 rings (SSSR count). The standard InChI is InChI=1S/C25H20O11.2Na/c26-13(7-9-33-16-3-1-5-18-22(16)14(27)11-20(35-18)24(29)30)8-10-34-17-4-2-6-19-23(17)15(28)12-21(36-19)25(31)32;;/h1-6,11-13,26H,7-10H2,(H,29,30)(H,31,32);;/q;2*+1/p-2. The number of hydrogen-bond acceptors (Lipinski definition) is 11. The monoisotopic (exact) mass is 540 g/mol. The van der Waals surface area contributed by atoms with E-state index in [1.54, 1.807) is 0 Å². The largest absolute Gasteiger partial charge is 1.00 e. The van der Waals surface area contributed by atoms with Crippen molar-refractivity contribution in [2.45, 2.75) is 18.9 Å². The van der Waals surface area contributed by atoms with Crippen molar-refractivity contribution < 1.29 is 102 Å². The minimum Gasteiger partial charge on any atom is -0.542 e. The molecule has 0 aliphatic heterocycles. The van der Waals surface area contributed by atoms with Crippen molar-refractivity contribution in [1.29, 1.82) is 0 Å². The van der Waals surface area contributed by atoms with Gasteiger partial charge in [0.1, 0.15) is 45.4 Å². The van der Waals surface area contributed by atoms with Gasteiger partial charge in [0, 0.05) is 25.0 Å². The van der Waals surface area contributed by atoms with Crippen LogP contribution in [0.25, 0.3) is 21.9 Å². The fourth-order valence-corrected chi connectivity index (χ4v) is 3.55. The van der Waals surface area contributed by atoms with E-state index >= 15 is 0 Å². The smallest absolute Gasteiger partial charge is 0.542 e. The van der Waals surface area contributed by atoms with E-state index in [1.165, 1.54) is 36.4 Å². The Balaban J connectivity index is 0.00000253. The molecular formula is C25H18Na2O11. The summed E-state index contributed by atoms with van der Waals surface area (Å²) in [6.07, 6.45) is -0.499. The van der Waals surface area contributed by atoms with Crippen LogP contribution in [0.4, 0.5) is 0 Å². The third-order valence-corrected chi connectivity index (χ3v) is 5.25. The number of carboxylic acid groups (broad SMARTS) is 2. The summed E-state index contributed by atoms with van der Waals surface area (Å²) < 4.78 is 21.5. The van der Waals surface area contributed by atoms with Gasteiger partial charge in [0.15, 0.2) is 22.4 Å². The van der Waals surface area contributed by atoms with E-state index in [0.29, 0.717) is 0 Å². The molecule has 0 spiro atoms. The van der Waals surface area contributed by atoms with Gasteiger partial charge in [0.25, 0.3) is 0 Å². The maximum absolute atomic E-state index is 12.3. The SMILES string of the molecule is O=C([O-])c1cc(=O)c2c(OCCC(O)CCOc3cccc4oc(C(=O)[O-])cc(=O)c34)cccc2o1.[Na+].[Na+]. The van der Waals surface area contributed by atoms with Gasteiger partial charge in [-0.2, -0.15) is 0 Å². The molecule has 1 N–H and O–H groups in total. The minimum atomic E-state index is -1.61. The van der Waals surface area contributed by atoms with Crippen molar-refractivity contribution in [2.75, 3.05) is 13.2 Å². The predicted octanol–water partition coefficient (Wildman–Crippen LogP) is -5.77. The summed E-state index contributed by atoms with van der Waals surface area (Å²) in [6.45, 7) is 0.0671. The number of carbonyl (C=O) groups is 2. The summed E-state index contributed by atoms with van der Waals surface area (Å²) in [7, 11) is 0. The number of rotatable bonds is 10. The van der Waals surface area contributed by atoms with Gasteiger partial charge in [0.05, 0.1) is 19.3 Å². The molecule has 2 aromatic carbocycles. The number of aliphatic hydroxyl groups excluding tert-OH is 1. The van der Waals surface area contributed by atoms with Crippen molar-refractivity contribution in [2.24, 2.45) is 0 Å². The second-order valence-corrected chi connectivity index (χ2v) is 7.71. The Morgan fingerprint density at radius 3 is 1.53 bits per heavy atom. The Morgan fingerprint density at radius 2 is 1.16 bits per heavy atom. The van der Waals surface area contributed by atoms with Crippen LogP contribution >= 0.6 is 0 Å². The second-order valence-electron chi connectivity index (χ2n) is 7.71. The van der Waals surface area contributed by atoms with Crippen LogP contribution in [0.15, 0.2) is 67.0 Å². The predicted molar refractivity (Wildman–Crippen MR) is 120 cm³/mol. The van der Waals surface area contributed by atoms with Crippen LogP contribution < -0.4 is 89.7 Å². The summed E-state index contributed by atoms with van der Waals surface area (Å²) in [5.41, 5.74) is -1.16. The molecule has 38 heavy (non-hydrogen) atoms. The summed E-state index contributed by atoms with van der Waals surface area (Å²) in [6, 6.07) is 10.6. The molecule has 0 unspecified atom stereocenters. The van der Waals surface area contributed by atoms with Gasteiger partial charge < -0.3 is 43.2 Å². The molecule has 0 saturated carbocycles.